The molecule has 0 fully saturated rings. The van der Waals surface area contributed by atoms with Crippen molar-refractivity contribution in [3.63, 3.8) is 0 Å². The van der Waals surface area contributed by atoms with Crippen LogP contribution in [-0.2, 0) is 4.74 Å². The zero-order valence-electron chi connectivity index (χ0n) is 12.1. The number of urea groups is 1. The Morgan fingerprint density at radius 2 is 2.05 bits per heavy atom. The van der Waals surface area contributed by atoms with Crippen LogP contribution in [0.15, 0.2) is 18.2 Å². The van der Waals surface area contributed by atoms with E-state index in [2.05, 4.69) is 10.6 Å². The summed E-state index contributed by atoms with van der Waals surface area (Å²) in [4.78, 5) is 23.2. The SMILES string of the molecule is COCC(NC(=O)Nc1ccc(I)cc1C(=O)O)C(C)C. The van der Waals surface area contributed by atoms with Gasteiger partial charge in [-0.25, -0.2) is 9.59 Å². The number of anilines is 1. The summed E-state index contributed by atoms with van der Waals surface area (Å²) in [7, 11) is 1.57. The Hall–Kier alpha value is -1.35. The Balaban J connectivity index is 2.81. The van der Waals surface area contributed by atoms with Gasteiger partial charge in [-0.1, -0.05) is 13.8 Å². The van der Waals surface area contributed by atoms with Gasteiger partial charge in [0.25, 0.3) is 0 Å². The number of ether oxygens (including phenoxy) is 1. The fourth-order valence-electron chi connectivity index (χ4n) is 1.71. The van der Waals surface area contributed by atoms with Gasteiger partial charge in [0, 0.05) is 10.7 Å². The summed E-state index contributed by atoms with van der Waals surface area (Å²) in [5.41, 5.74) is 0.324. The van der Waals surface area contributed by atoms with Crippen LogP contribution in [0.25, 0.3) is 0 Å². The van der Waals surface area contributed by atoms with E-state index in [4.69, 9.17) is 9.84 Å². The largest absolute Gasteiger partial charge is 0.478 e. The second-order valence-electron chi connectivity index (χ2n) is 4.90. The minimum absolute atomic E-state index is 0.0601. The number of aromatic carboxylic acids is 1. The van der Waals surface area contributed by atoms with E-state index in [0.29, 0.717) is 6.61 Å². The van der Waals surface area contributed by atoms with Crippen molar-refractivity contribution in [3.05, 3.63) is 27.3 Å². The maximum absolute atomic E-state index is 12.0. The number of carboxylic acid groups (broad SMARTS) is 1. The fraction of sp³-hybridized carbons (Fsp3) is 0.429. The highest BCUT2D eigenvalue weighted by Gasteiger charge is 2.18. The van der Waals surface area contributed by atoms with E-state index in [1.807, 2.05) is 36.4 Å². The lowest BCUT2D eigenvalue weighted by Crippen LogP contribution is -2.43. The first-order chi connectivity index (χ1) is 9.85. The Morgan fingerprint density at radius 3 is 2.57 bits per heavy atom. The standard InChI is InChI=1S/C14H19IN2O4/c1-8(2)12(7-21-3)17-14(20)16-11-5-4-9(15)6-10(11)13(18)19/h4-6,8,12H,7H2,1-3H3,(H,18,19)(H2,16,17,20). The van der Waals surface area contributed by atoms with E-state index in [-0.39, 0.29) is 23.2 Å². The third-order valence-electron chi connectivity index (χ3n) is 2.93. The molecule has 21 heavy (non-hydrogen) atoms. The molecule has 0 spiro atoms. The summed E-state index contributed by atoms with van der Waals surface area (Å²) in [6, 6.07) is 4.22. The Bertz CT molecular complexity index is 520. The third-order valence-corrected chi connectivity index (χ3v) is 3.60. The topological polar surface area (TPSA) is 87.7 Å². The van der Waals surface area contributed by atoms with Crippen LogP contribution < -0.4 is 10.6 Å². The maximum Gasteiger partial charge on any atom is 0.337 e. The second kappa shape index (κ2) is 8.18. The van der Waals surface area contributed by atoms with Crippen molar-refractivity contribution in [2.75, 3.05) is 19.0 Å². The Labute approximate surface area is 137 Å². The number of halogens is 1. The molecule has 0 radical (unpaired) electrons. The van der Waals surface area contributed by atoms with Gasteiger partial charge >= 0.3 is 12.0 Å². The summed E-state index contributed by atoms with van der Waals surface area (Å²) >= 11 is 2.02. The molecule has 0 aliphatic rings. The monoisotopic (exact) mass is 406 g/mol. The number of nitrogens with one attached hydrogen (secondary N) is 2. The third kappa shape index (κ3) is 5.50. The molecule has 7 heteroatoms. The zero-order chi connectivity index (χ0) is 16.0. The Morgan fingerprint density at radius 1 is 1.38 bits per heavy atom. The minimum Gasteiger partial charge on any atom is -0.478 e. The molecular weight excluding hydrogens is 387 g/mol. The van der Waals surface area contributed by atoms with Crippen molar-refractivity contribution in [1.82, 2.24) is 5.32 Å². The number of carbonyl (C=O) groups excluding carboxylic acids is 1. The highest BCUT2D eigenvalue weighted by Crippen LogP contribution is 2.19. The molecule has 1 rings (SSSR count). The van der Waals surface area contributed by atoms with Crippen LogP contribution in [0.3, 0.4) is 0 Å². The van der Waals surface area contributed by atoms with Gasteiger partial charge in [0.1, 0.15) is 0 Å². The van der Waals surface area contributed by atoms with Crippen LogP contribution >= 0.6 is 22.6 Å². The highest BCUT2D eigenvalue weighted by molar-refractivity contribution is 14.1. The van der Waals surface area contributed by atoms with Crippen molar-refractivity contribution in [3.8, 4) is 0 Å². The first-order valence-corrected chi connectivity index (χ1v) is 7.52. The van der Waals surface area contributed by atoms with Crippen LogP contribution in [0.2, 0.25) is 0 Å². The molecule has 6 nitrogen and oxygen atoms in total. The number of hydrogen-bond acceptors (Lipinski definition) is 3. The van der Waals surface area contributed by atoms with Gasteiger partial charge in [0.15, 0.2) is 0 Å². The first kappa shape index (κ1) is 17.7. The van der Waals surface area contributed by atoms with Gasteiger partial charge in [-0.2, -0.15) is 0 Å². The lowest BCUT2D eigenvalue weighted by Gasteiger charge is -2.22. The Kier molecular flexibility index (Phi) is 6.90. The normalized spacial score (nSPS) is 12.0. The minimum atomic E-state index is -1.08. The zero-order valence-corrected chi connectivity index (χ0v) is 14.3. The number of amides is 2. The molecule has 1 unspecified atom stereocenters. The smallest absolute Gasteiger partial charge is 0.337 e. The van der Waals surface area contributed by atoms with Crippen molar-refractivity contribution in [2.45, 2.75) is 19.9 Å². The quantitative estimate of drug-likeness (QED) is 0.635. The van der Waals surface area contributed by atoms with E-state index in [9.17, 15) is 9.59 Å². The lowest BCUT2D eigenvalue weighted by molar-refractivity contribution is 0.0698. The molecule has 1 aromatic carbocycles. The molecule has 0 saturated heterocycles. The highest BCUT2D eigenvalue weighted by atomic mass is 127. The number of hydrogen-bond donors (Lipinski definition) is 3. The van der Waals surface area contributed by atoms with Gasteiger partial charge in [0.2, 0.25) is 0 Å². The molecule has 1 atom stereocenters. The number of benzene rings is 1. The predicted molar refractivity (Wildman–Crippen MR) is 88.8 cm³/mol. The van der Waals surface area contributed by atoms with Crippen LogP contribution in [0.5, 0.6) is 0 Å². The average molecular weight is 406 g/mol. The summed E-state index contributed by atoms with van der Waals surface area (Å²) in [5, 5.41) is 14.5. The van der Waals surface area contributed by atoms with Crippen molar-refractivity contribution in [2.24, 2.45) is 5.92 Å². The molecule has 2 amide bonds. The van der Waals surface area contributed by atoms with E-state index in [1.165, 1.54) is 6.07 Å². The number of methoxy groups -OCH3 is 1. The predicted octanol–water partition coefficient (Wildman–Crippen LogP) is 2.78. The van der Waals surface area contributed by atoms with Gasteiger partial charge < -0.3 is 20.5 Å². The second-order valence-corrected chi connectivity index (χ2v) is 6.15. The van der Waals surface area contributed by atoms with Crippen molar-refractivity contribution in [1.29, 1.82) is 0 Å². The van der Waals surface area contributed by atoms with Crippen LogP contribution in [0.4, 0.5) is 10.5 Å². The van der Waals surface area contributed by atoms with Crippen LogP contribution in [0.1, 0.15) is 24.2 Å². The van der Waals surface area contributed by atoms with Crippen molar-refractivity contribution >= 4 is 40.3 Å². The van der Waals surface area contributed by atoms with Crippen LogP contribution in [-0.4, -0.2) is 36.9 Å². The van der Waals surface area contributed by atoms with E-state index in [0.717, 1.165) is 3.57 Å². The summed E-state index contributed by atoms with van der Waals surface area (Å²) in [6.45, 7) is 4.33. The summed E-state index contributed by atoms with van der Waals surface area (Å²) in [5.74, 6) is -0.882. The molecule has 0 aliphatic carbocycles. The molecule has 0 aliphatic heterocycles. The number of rotatable bonds is 6. The lowest BCUT2D eigenvalue weighted by atomic mass is 10.1. The summed E-state index contributed by atoms with van der Waals surface area (Å²) < 4.78 is 5.84. The van der Waals surface area contributed by atoms with E-state index < -0.39 is 12.0 Å². The molecule has 3 N–H and O–H groups in total. The summed E-state index contributed by atoms with van der Waals surface area (Å²) in [6.07, 6.45) is 0. The first-order valence-electron chi connectivity index (χ1n) is 6.44. The fourth-order valence-corrected chi connectivity index (χ4v) is 2.20. The molecule has 116 valence electrons. The molecular formula is C14H19IN2O4. The molecule has 0 bridgehead atoms. The van der Waals surface area contributed by atoms with Gasteiger partial charge in [-0.05, 0) is 46.7 Å². The number of carbonyl (C=O) groups is 2. The molecule has 1 aromatic rings. The van der Waals surface area contributed by atoms with Crippen LogP contribution in [0, 0.1) is 9.49 Å². The average Bonchev–Trinajstić information content (AvgIpc) is 2.40. The van der Waals surface area contributed by atoms with Gasteiger partial charge in [-0.15, -0.1) is 0 Å². The molecule has 0 saturated carbocycles. The maximum atomic E-state index is 12.0. The molecule has 0 heterocycles. The van der Waals surface area contributed by atoms with Gasteiger partial charge in [-0.3, -0.25) is 0 Å². The van der Waals surface area contributed by atoms with E-state index in [1.54, 1.807) is 19.2 Å². The molecule has 0 aromatic heterocycles. The number of carboxylic acids is 1. The van der Waals surface area contributed by atoms with Crippen molar-refractivity contribution < 1.29 is 19.4 Å². The van der Waals surface area contributed by atoms with Gasteiger partial charge in [0.05, 0.1) is 23.9 Å². The van der Waals surface area contributed by atoms with E-state index >= 15 is 0 Å².